The highest BCUT2D eigenvalue weighted by Gasteiger charge is 2.53. The molecule has 1 aromatic carbocycles. The lowest BCUT2D eigenvalue weighted by molar-refractivity contribution is -0.191. The SMILES string of the molecule is Cc1cc(NC(=O)NC(C)(c2ccc(F)cc2)C(F)(F)F)nn1C. The fourth-order valence-corrected chi connectivity index (χ4v) is 2.09. The van der Waals surface area contributed by atoms with E-state index in [0.717, 1.165) is 36.9 Å². The second-order valence-electron chi connectivity index (χ2n) is 5.50. The van der Waals surface area contributed by atoms with Crippen molar-refractivity contribution in [3.63, 3.8) is 0 Å². The predicted octanol–water partition coefficient (Wildman–Crippen LogP) is 3.47. The summed E-state index contributed by atoms with van der Waals surface area (Å²) in [5, 5.41) is 8.10. The van der Waals surface area contributed by atoms with E-state index in [1.807, 2.05) is 5.32 Å². The van der Waals surface area contributed by atoms with Crippen LogP contribution in [0, 0.1) is 12.7 Å². The third-order valence-electron chi connectivity index (χ3n) is 3.71. The molecule has 0 saturated carbocycles. The van der Waals surface area contributed by atoms with Crippen LogP contribution in [0.2, 0.25) is 0 Å². The number of halogens is 4. The number of hydrogen-bond acceptors (Lipinski definition) is 2. The maximum Gasteiger partial charge on any atom is 0.415 e. The molecule has 130 valence electrons. The lowest BCUT2D eigenvalue weighted by Gasteiger charge is -2.33. The van der Waals surface area contributed by atoms with E-state index in [1.165, 1.54) is 10.7 Å². The van der Waals surface area contributed by atoms with Crippen LogP contribution >= 0.6 is 0 Å². The lowest BCUT2D eigenvalue weighted by atomic mass is 9.91. The van der Waals surface area contributed by atoms with Gasteiger partial charge in [0.25, 0.3) is 0 Å². The number of alkyl halides is 3. The summed E-state index contributed by atoms with van der Waals surface area (Å²) in [7, 11) is 1.64. The van der Waals surface area contributed by atoms with Gasteiger partial charge in [0, 0.05) is 18.8 Å². The Balaban J connectivity index is 2.25. The molecule has 2 rings (SSSR count). The largest absolute Gasteiger partial charge is 0.415 e. The first-order valence-electron chi connectivity index (χ1n) is 6.95. The first-order chi connectivity index (χ1) is 11.0. The first kappa shape index (κ1) is 17.8. The highest BCUT2D eigenvalue weighted by atomic mass is 19.4. The molecule has 5 nitrogen and oxygen atoms in total. The van der Waals surface area contributed by atoms with E-state index in [-0.39, 0.29) is 11.4 Å². The molecule has 1 unspecified atom stereocenters. The van der Waals surface area contributed by atoms with Gasteiger partial charge in [-0.05, 0) is 31.5 Å². The summed E-state index contributed by atoms with van der Waals surface area (Å²) in [5.41, 5.74) is -2.25. The predicted molar refractivity (Wildman–Crippen MR) is 79.9 cm³/mol. The van der Waals surface area contributed by atoms with E-state index in [0.29, 0.717) is 0 Å². The van der Waals surface area contributed by atoms with E-state index in [1.54, 1.807) is 14.0 Å². The van der Waals surface area contributed by atoms with Gasteiger partial charge >= 0.3 is 12.2 Å². The van der Waals surface area contributed by atoms with Crippen molar-refractivity contribution in [2.24, 2.45) is 7.05 Å². The molecule has 0 aliphatic rings. The molecular formula is C15H16F4N4O. The Kier molecular flexibility index (Phi) is 4.54. The van der Waals surface area contributed by atoms with E-state index in [2.05, 4.69) is 10.4 Å². The fourth-order valence-electron chi connectivity index (χ4n) is 2.09. The van der Waals surface area contributed by atoms with Gasteiger partial charge in [-0.15, -0.1) is 0 Å². The van der Waals surface area contributed by atoms with E-state index < -0.39 is 23.6 Å². The van der Waals surface area contributed by atoms with Crippen molar-refractivity contribution in [1.82, 2.24) is 15.1 Å². The van der Waals surface area contributed by atoms with Crippen LogP contribution in [-0.4, -0.2) is 22.0 Å². The van der Waals surface area contributed by atoms with Crippen molar-refractivity contribution in [3.05, 3.63) is 47.4 Å². The summed E-state index contributed by atoms with van der Waals surface area (Å²) in [6.07, 6.45) is -4.79. The standard InChI is InChI=1S/C15H16F4N4O/c1-9-8-12(22-23(9)3)20-13(24)21-14(2,15(17,18)19)10-4-6-11(16)7-5-10/h4-8H,1-3H3,(H2,20,21,22,24). The number of carbonyl (C=O) groups is 1. The number of rotatable bonds is 3. The lowest BCUT2D eigenvalue weighted by Crippen LogP contribution is -2.55. The number of amides is 2. The highest BCUT2D eigenvalue weighted by Crippen LogP contribution is 2.38. The van der Waals surface area contributed by atoms with Gasteiger partial charge in [-0.25, -0.2) is 9.18 Å². The number of aryl methyl sites for hydroxylation is 2. The number of carbonyl (C=O) groups excluding carboxylic acids is 1. The van der Waals surface area contributed by atoms with Gasteiger partial charge < -0.3 is 5.32 Å². The number of nitrogens with one attached hydrogen (secondary N) is 2. The summed E-state index contributed by atoms with van der Waals surface area (Å²) in [6, 6.07) is 4.21. The minimum absolute atomic E-state index is 0.121. The fraction of sp³-hybridized carbons (Fsp3) is 0.333. The Morgan fingerprint density at radius 3 is 2.25 bits per heavy atom. The number of aromatic nitrogens is 2. The van der Waals surface area contributed by atoms with Crippen molar-refractivity contribution in [2.45, 2.75) is 25.6 Å². The Labute approximate surface area is 135 Å². The Morgan fingerprint density at radius 1 is 1.21 bits per heavy atom. The second kappa shape index (κ2) is 6.14. The normalized spacial score (nSPS) is 14.1. The average molecular weight is 344 g/mol. The van der Waals surface area contributed by atoms with Crippen LogP contribution in [0.25, 0.3) is 0 Å². The van der Waals surface area contributed by atoms with E-state index in [9.17, 15) is 22.4 Å². The molecule has 2 N–H and O–H groups in total. The molecule has 9 heteroatoms. The van der Waals surface area contributed by atoms with Crippen molar-refractivity contribution in [1.29, 1.82) is 0 Å². The summed E-state index contributed by atoms with van der Waals surface area (Å²) >= 11 is 0. The number of benzene rings is 1. The summed E-state index contributed by atoms with van der Waals surface area (Å²) < 4.78 is 54.9. The van der Waals surface area contributed by atoms with E-state index >= 15 is 0 Å². The summed E-state index contributed by atoms with van der Waals surface area (Å²) in [6.45, 7) is 2.54. The number of urea groups is 1. The van der Waals surface area contributed by atoms with Gasteiger partial charge in [-0.1, -0.05) is 12.1 Å². The second-order valence-corrected chi connectivity index (χ2v) is 5.50. The maximum absolute atomic E-state index is 13.5. The van der Waals surface area contributed by atoms with Crippen LogP contribution in [-0.2, 0) is 12.6 Å². The molecule has 0 saturated heterocycles. The molecule has 0 aliphatic carbocycles. The Hall–Kier alpha value is -2.58. The van der Waals surface area contributed by atoms with Gasteiger partial charge in [0.15, 0.2) is 11.4 Å². The molecular weight excluding hydrogens is 328 g/mol. The van der Waals surface area contributed by atoms with Crippen molar-refractivity contribution < 1.29 is 22.4 Å². The minimum atomic E-state index is -4.79. The quantitative estimate of drug-likeness (QED) is 0.838. The van der Waals surface area contributed by atoms with Crippen LogP contribution < -0.4 is 10.6 Å². The average Bonchev–Trinajstić information content (AvgIpc) is 2.76. The maximum atomic E-state index is 13.5. The van der Waals surface area contributed by atoms with E-state index in [4.69, 9.17) is 0 Å². The molecule has 0 radical (unpaired) electrons. The van der Waals surface area contributed by atoms with Crippen LogP contribution in [0.4, 0.5) is 28.2 Å². The Morgan fingerprint density at radius 2 is 1.79 bits per heavy atom. The highest BCUT2D eigenvalue weighted by molar-refractivity contribution is 5.89. The third-order valence-corrected chi connectivity index (χ3v) is 3.71. The Bertz CT molecular complexity index is 719. The monoisotopic (exact) mass is 344 g/mol. The van der Waals surface area contributed by atoms with Gasteiger partial charge in [-0.3, -0.25) is 10.00 Å². The molecule has 2 aromatic rings. The van der Waals surface area contributed by atoms with Gasteiger partial charge in [0.1, 0.15) is 5.82 Å². The topological polar surface area (TPSA) is 59.0 Å². The van der Waals surface area contributed by atoms with Crippen LogP contribution in [0.3, 0.4) is 0 Å². The zero-order chi connectivity index (χ0) is 18.1. The molecule has 0 fully saturated rings. The molecule has 0 bridgehead atoms. The molecule has 1 heterocycles. The molecule has 24 heavy (non-hydrogen) atoms. The zero-order valence-corrected chi connectivity index (χ0v) is 13.2. The summed E-state index contributed by atoms with van der Waals surface area (Å²) in [4.78, 5) is 12.0. The first-order valence-corrected chi connectivity index (χ1v) is 6.95. The van der Waals surface area contributed by atoms with Gasteiger partial charge in [0.2, 0.25) is 0 Å². The smallest absolute Gasteiger partial charge is 0.320 e. The summed E-state index contributed by atoms with van der Waals surface area (Å²) in [5.74, 6) is -0.548. The van der Waals surface area contributed by atoms with Crippen LogP contribution in [0.1, 0.15) is 18.2 Å². The molecule has 0 aliphatic heterocycles. The number of anilines is 1. The molecule has 1 aromatic heterocycles. The van der Waals surface area contributed by atoms with Crippen LogP contribution in [0.5, 0.6) is 0 Å². The van der Waals surface area contributed by atoms with Gasteiger partial charge in [0.05, 0.1) is 0 Å². The molecule has 0 spiro atoms. The number of nitrogens with zero attached hydrogens (tertiary/aromatic N) is 2. The van der Waals surface area contributed by atoms with Crippen molar-refractivity contribution >= 4 is 11.8 Å². The van der Waals surface area contributed by atoms with Crippen molar-refractivity contribution in [2.75, 3.05) is 5.32 Å². The molecule has 2 amide bonds. The number of hydrogen-bond donors (Lipinski definition) is 2. The minimum Gasteiger partial charge on any atom is -0.320 e. The molecule has 1 atom stereocenters. The van der Waals surface area contributed by atoms with Crippen molar-refractivity contribution in [3.8, 4) is 0 Å². The third kappa shape index (κ3) is 3.50. The zero-order valence-electron chi connectivity index (χ0n) is 13.2. The van der Waals surface area contributed by atoms with Gasteiger partial charge in [-0.2, -0.15) is 18.3 Å². The van der Waals surface area contributed by atoms with Crippen LogP contribution in [0.15, 0.2) is 30.3 Å².